The highest BCUT2D eigenvalue weighted by Crippen LogP contribution is 2.21. The van der Waals surface area contributed by atoms with Crippen LogP contribution >= 0.6 is 15.9 Å². The third-order valence-corrected chi connectivity index (χ3v) is 3.46. The van der Waals surface area contributed by atoms with Crippen LogP contribution in [0.15, 0.2) is 35.1 Å². The number of rotatable bonds is 3. The SMILES string of the molecule is CN(Cc1cnn(C)c1)C(=O)c1ccc(N)c(Br)c1. The van der Waals surface area contributed by atoms with Gasteiger partial charge in [0.25, 0.3) is 5.91 Å². The molecule has 100 valence electrons. The van der Waals surface area contributed by atoms with E-state index in [0.29, 0.717) is 17.8 Å². The lowest BCUT2D eigenvalue weighted by atomic mass is 10.2. The lowest BCUT2D eigenvalue weighted by Crippen LogP contribution is -2.26. The molecule has 6 heteroatoms. The van der Waals surface area contributed by atoms with Crippen molar-refractivity contribution in [1.29, 1.82) is 0 Å². The number of aromatic nitrogens is 2. The van der Waals surface area contributed by atoms with Crippen LogP contribution in [0.3, 0.4) is 0 Å². The number of amides is 1. The summed E-state index contributed by atoms with van der Waals surface area (Å²) in [4.78, 5) is 13.9. The van der Waals surface area contributed by atoms with Gasteiger partial charge in [-0.25, -0.2) is 0 Å². The smallest absolute Gasteiger partial charge is 0.253 e. The maximum Gasteiger partial charge on any atom is 0.253 e. The maximum atomic E-state index is 12.3. The van der Waals surface area contributed by atoms with Gasteiger partial charge in [-0.3, -0.25) is 9.48 Å². The van der Waals surface area contributed by atoms with E-state index in [2.05, 4.69) is 21.0 Å². The first-order valence-corrected chi connectivity index (χ1v) is 6.54. The summed E-state index contributed by atoms with van der Waals surface area (Å²) in [6, 6.07) is 5.18. The number of nitrogens with two attached hydrogens (primary N) is 1. The standard InChI is InChI=1S/C13H15BrN4O/c1-17(7-9-6-16-18(2)8-9)13(19)10-3-4-12(15)11(14)5-10/h3-6,8H,7,15H2,1-2H3. The largest absolute Gasteiger partial charge is 0.398 e. The minimum absolute atomic E-state index is 0.0513. The van der Waals surface area contributed by atoms with Crippen molar-refractivity contribution in [3.8, 4) is 0 Å². The number of carbonyl (C=O) groups is 1. The molecule has 0 atom stereocenters. The van der Waals surface area contributed by atoms with Gasteiger partial charge in [0, 0.05) is 48.1 Å². The second-order valence-corrected chi connectivity index (χ2v) is 5.27. The van der Waals surface area contributed by atoms with Gasteiger partial charge in [-0.15, -0.1) is 0 Å². The number of hydrogen-bond donors (Lipinski definition) is 1. The van der Waals surface area contributed by atoms with Crippen molar-refractivity contribution >= 4 is 27.5 Å². The first-order valence-electron chi connectivity index (χ1n) is 5.75. The molecule has 2 aromatic rings. The summed E-state index contributed by atoms with van der Waals surface area (Å²) in [5.41, 5.74) is 7.92. The van der Waals surface area contributed by atoms with Gasteiger partial charge in [0.2, 0.25) is 0 Å². The highest BCUT2D eigenvalue weighted by atomic mass is 79.9. The van der Waals surface area contributed by atoms with Crippen LogP contribution in [-0.2, 0) is 13.6 Å². The summed E-state index contributed by atoms with van der Waals surface area (Å²) in [5.74, 6) is -0.0513. The predicted octanol–water partition coefficient (Wildman–Crippen LogP) is 2.04. The molecular formula is C13H15BrN4O. The summed E-state index contributed by atoms with van der Waals surface area (Å²) in [7, 11) is 3.61. The van der Waals surface area contributed by atoms with E-state index in [1.165, 1.54) is 0 Å². The topological polar surface area (TPSA) is 64.2 Å². The van der Waals surface area contributed by atoms with Crippen LogP contribution < -0.4 is 5.73 Å². The number of anilines is 1. The van der Waals surface area contributed by atoms with Crippen molar-refractivity contribution in [2.45, 2.75) is 6.54 Å². The Balaban J connectivity index is 2.12. The fraction of sp³-hybridized carbons (Fsp3) is 0.231. The summed E-state index contributed by atoms with van der Waals surface area (Å²) in [6.45, 7) is 0.522. The summed E-state index contributed by atoms with van der Waals surface area (Å²) >= 11 is 3.32. The summed E-state index contributed by atoms with van der Waals surface area (Å²) in [5, 5.41) is 4.08. The molecule has 0 aliphatic rings. The Morgan fingerprint density at radius 2 is 2.26 bits per heavy atom. The second-order valence-electron chi connectivity index (χ2n) is 4.42. The van der Waals surface area contributed by atoms with E-state index in [0.717, 1.165) is 10.0 Å². The van der Waals surface area contributed by atoms with E-state index in [-0.39, 0.29) is 5.91 Å². The molecule has 2 rings (SSSR count). The molecule has 2 N–H and O–H groups in total. The van der Waals surface area contributed by atoms with Crippen LogP contribution in [0.2, 0.25) is 0 Å². The van der Waals surface area contributed by atoms with Gasteiger partial charge < -0.3 is 10.6 Å². The zero-order chi connectivity index (χ0) is 14.0. The van der Waals surface area contributed by atoms with Crippen LogP contribution in [0, 0.1) is 0 Å². The Hall–Kier alpha value is -1.82. The minimum Gasteiger partial charge on any atom is -0.398 e. The summed E-state index contributed by atoms with van der Waals surface area (Å²) < 4.78 is 2.45. The van der Waals surface area contributed by atoms with Gasteiger partial charge in [0.05, 0.1) is 6.20 Å². The Labute approximate surface area is 120 Å². The molecule has 0 spiro atoms. The normalized spacial score (nSPS) is 10.5. The van der Waals surface area contributed by atoms with Gasteiger partial charge in [-0.1, -0.05) is 0 Å². The van der Waals surface area contributed by atoms with Crippen molar-refractivity contribution in [3.63, 3.8) is 0 Å². The van der Waals surface area contributed by atoms with E-state index in [9.17, 15) is 4.79 Å². The van der Waals surface area contributed by atoms with Crippen molar-refractivity contribution in [3.05, 3.63) is 46.2 Å². The molecule has 0 unspecified atom stereocenters. The van der Waals surface area contributed by atoms with E-state index in [4.69, 9.17) is 5.73 Å². The molecule has 1 amide bonds. The number of aryl methyl sites for hydroxylation is 1. The van der Waals surface area contributed by atoms with Gasteiger partial charge in [0.1, 0.15) is 0 Å². The molecule has 0 saturated heterocycles. The van der Waals surface area contributed by atoms with Gasteiger partial charge in [-0.05, 0) is 34.1 Å². The monoisotopic (exact) mass is 322 g/mol. The molecule has 0 saturated carbocycles. The number of nitrogens with zero attached hydrogens (tertiary/aromatic N) is 3. The summed E-state index contributed by atoms with van der Waals surface area (Å²) in [6.07, 6.45) is 3.64. The molecule has 0 fully saturated rings. The Kier molecular flexibility index (Phi) is 3.90. The molecule has 1 aromatic carbocycles. The number of halogens is 1. The zero-order valence-corrected chi connectivity index (χ0v) is 12.4. The number of carbonyl (C=O) groups excluding carboxylic acids is 1. The Morgan fingerprint density at radius 1 is 1.53 bits per heavy atom. The maximum absolute atomic E-state index is 12.3. The van der Waals surface area contributed by atoms with Crippen LogP contribution in [0.25, 0.3) is 0 Å². The Bertz CT molecular complexity index is 608. The average Bonchev–Trinajstić information content (AvgIpc) is 2.77. The fourth-order valence-electron chi connectivity index (χ4n) is 1.78. The van der Waals surface area contributed by atoms with Gasteiger partial charge in [0.15, 0.2) is 0 Å². The molecule has 5 nitrogen and oxygen atoms in total. The van der Waals surface area contributed by atoms with Gasteiger partial charge in [-0.2, -0.15) is 5.10 Å². The van der Waals surface area contributed by atoms with Crippen molar-refractivity contribution in [2.24, 2.45) is 7.05 Å². The average molecular weight is 323 g/mol. The first kappa shape index (κ1) is 13.6. The van der Waals surface area contributed by atoms with Crippen molar-refractivity contribution < 1.29 is 4.79 Å². The number of benzene rings is 1. The Morgan fingerprint density at radius 3 is 2.84 bits per heavy atom. The third-order valence-electron chi connectivity index (χ3n) is 2.77. The van der Waals surface area contributed by atoms with E-state index in [1.54, 1.807) is 41.0 Å². The fourth-order valence-corrected chi connectivity index (χ4v) is 2.16. The highest BCUT2D eigenvalue weighted by molar-refractivity contribution is 9.10. The lowest BCUT2D eigenvalue weighted by molar-refractivity contribution is 0.0785. The number of nitrogen functional groups attached to an aromatic ring is 1. The lowest BCUT2D eigenvalue weighted by Gasteiger charge is -2.16. The first-order chi connectivity index (χ1) is 8.97. The quantitative estimate of drug-likeness (QED) is 0.879. The predicted molar refractivity (Wildman–Crippen MR) is 77.6 cm³/mol. The molecule has 1 heterocycles. The van der Waals surface area contributed by atoms with E-state index in [1.807, 2.05) is 13.2 Å². The van der Waals surface area contributed by atoms with Crippen LogP contribution in [-0.4, -0.2) is 27.6 Å². The molecule has 0 bridgehead atoms. The molecule has 0 aliphatic heterocycles. The van der Waals surface area contributed by atoms with E-state index >= 15 is 0 Å². The molecule has 1 aromatic heterocycles. The second kappa shape index (κ2) is 5.44. The molecule has 19 heavy (non-hydrogen) atoms. The van der Waals surface area contributed by atoms with Crippen LogP contribution in [0.5, 0.6) is 0 Å². The van der Waals surface area contributed by atoms with Gasteiger partial charge >= 0.3 is 0 Å². The van der Waals surface area contributed by atoms with E-state index < -0.39 is 0 Å². The molecule has 0 radical (unpaired) electrons. The van der Waals surface area contributed by atoms with Crippen molar-refractivity contribution in [2.75, 3.05) is 12.8 Å². The van der Waals surface area contributed by atoms with Crippen LogP contribution in [0.4, 0.5) is 5.69 Å². The van der Waals surface area contributed by atoms with Crippen LogP contribution in [0.1, 0.15) is 15.9 Å². The third kappa shape index (κ3) is 3.14. The molecule has 0 aliphatic carbocycles. The van der Waals surface area contributed by atoms with Crippen molar-refractivity contribution in [1.82, 2.24) is 14.7 Å². The highest BCUT2D eigenvalue weighted by Gasteiger charge is 2.13. The number of hydrogen-bond acceptors (Lipinski definition) is 3. The minimum atomic E-state index is -0.0513. The zero-order valence-electron chi connectivity index (χ0n) is 10.8. The molecular weight excluding hydrogens is 308 g/mol.